The summed E-state index contributed by atoms with van der Waals surface area (Å²) in [6.07, 6.45) is 3.06. The average molecular weight is 336 g/mol. The highest BCUT2D eigenvalue weighted by molar-refractivity contribution is 7.91. The van der Waals surface area contributed by atoms with E-state index in [-0.39, 0.29) is 23.0 Å². The zero-order valence-corrected chi connectivity index (χ0v) is 14.5. The molecular weight excluding hydrogens is 312 g/mol. The number of likely N-dealkylation sites (tertiary alicyclic amines) is 1. The van der Waals surface area contributed by atoms with E-state index in [9.17, 15) is 13.2 Å². The Morgan fingerprint density at radius 2 is 2.00 bits per heavy atom. The first-order chi connectivity index (χ1) is 10.9. The molecule has 1 aromatic carbocycles. The van der Waals surface area contributed by atoms with Gasteiger partial charge in [-0.25, -0.2) is 8.42 Å². The normalized spacial score (nSPS) is 22.0. The van der Waals surface area contributed by atoms with Gasteiger partial charge in [-0.1, -0.05) is 12.1 Å². The maximum Gasteiger partial charge on any atom is 0.245 e. The number of sulfone groups is 1. The van der Waals surface area contributed by atoms with Crippen LogP contribution < -0.4 is 5.32 Å². The number of rotatable bonds is 6. The fraction of sp³-hybridized carbons (Fsp3) is 0.588. The summed E-state index contributed by atoms with van der Waals surface area (Å²) in [6.45, 7) is 4.21. The lowest BCUT2D eigenvalue weighted by Crippen LogP contribution is -2.34. The maximum atomic E-state index is 12.4. The molecule has 0 bridgehead atoms. The van der Waals surface area contributed by atoms with Crippen molar-refractivity contribution >= 4 is 21.4 Å². The molecule has 5 nitrogen and oxygen atoms in total. The summed E-state index contributed by atoms with van der Waals surface area (Å²) >= 11 is 0. The molecule has 126 valence electrons. The van der Waals surface area contributed by atoms with Crippen LogP contribution in [0.2, 0.25) is 0 Å². The number of nitrogens with one attached hydrogen (secondary N) is 1. The van der Waals surface area contributed by atoms with Gasteiger partial charge in [0.1, 0.15) is 6.04 Å². The summed E-state index contributed by atoms with van der Waals surface area (Å²) in [5.74, 6) is 0.209. The fourth-order valence-electron chi connectivity index (χ4n) is 2.94. The van der Waals surface area contributed by atoms with Gasteiger partial charge in [0.05, 0.1) is 11.0 Å². The predicted octanol–water partition coefficient (Wildman–Crippen LogP) is 2.19. The molecule has 1 saturated heterocycles. The fourth-order valence-corrected chi connectivity index (χ4v) is 3.91. The Bertz CT molecular complexity index is 696. The number of carbonyl (C=O) groups excluding carboxylic acids is 1. The molecule has 0 unspecified atom stereocenters. The van der Waals surface area contributed by atoms with Gasteiger partial charge >= 0.3 is 0 Å². The molecular formula is C17H24N2O3S. The molecule has 0 radical (unpaired) electrons. The number of hydrogen-bond donors (Lipinski definition) is 1. The van der Waals surface area contributed by atoms with Crippen LogP contribution in [0.4, 0.5) is 5.69 Å². The Morgan fingerprint density at radius 1 is 1.26 bits per heavy atom. The monoisotopic (exact) mass is 336 g/mol. The van der Waals surface area contributed by atoms with Gasteiger partial charge < -0.3 is 10.2 Å². The molecule has 6 heteroatoms. The number of hydrogen-bond acceptors (Lipinski definition) is 4. The van der Waals surface area contributed by atoms with Crippen molar-refractivity contribution in [1.82, 2.24) is 4.90 Å². The van der Waals surface area contributed by atoms with Crippen molar-refractivity contribution in [2.45, 2.75) is 56.2 Å². The van der Waals surface area contributed by atoms with E-state index in [1.54, 1.807) is 13.8 Å². The molecule has 1 saturated carbocycles. The van der Waals surface area contributed by atoms with Gasteiger partial charge in [0.15, 0.2) is 9.84 Å². The maximum absolute atomic E-state index is 12.4. The smallest absolute Gasteiger partial charge is 0.245 e. The van der Waals surface area contributed by atoms with Gasteiger partial charge in [-0.15, -0.1) is 0 Å². The highest BCUT2D eigenvalue weighted by Gasteiger charge is 2.40. The minimum atomic E-state index is -3.12. The minimum Gasteiger partial charge on any atom is -0.374 e. The summed E-state index contributed by atoms with van der Waals surface area (Å²) in [4.78, 5) is 14.3. The van der Waals surface area contributed by atoms with Crippen LogP contribution in [0.5, 0.6) is 0 Å². The highest BCUT2D eigenvalue weighted by atomic mass is 32.2. The van der Waals surface area contributed by atoms with Crippen LogP contribution >= 0.6 is 0 Å². The van der Waals surface area contributed by atoms with Crippen LogP contribution in [0.3, 0.4) is 0 Å². The van der Waals surface area contributed by atoms with Gasteiger partial charge in [0.25, 0.3) is 0 Å². The number of anilines is 1. The largest absolute Gasteiger partial charge is 0.374 e. The highest BCUT2D eigenvalue weighted by Crippen LogP contribution is 2.31. The Labute approximate surface area is 138 Å². The first kappa shape index (κ1) is 16.3. The van der Waals surface area contributed by atoms with E-state index in [4.69, 9.17) is 0 Å². The Morgan fingerprint density at radius 3 is 2.65 bits per heavy atom. The lowest BCUT2D eigenvalue weighted by molar-refractivity contribution is -0.128. The number of nitrogens with zero attached hydrogens (tertiary/aromatic N) is 1. The second-order valence-electron chi connectivity index (χ2n) is 6.80. The lowest BCUT2D eigenvalue weighted by atomic mass is 10.2. The number of benzene rings is 1. The van der Waals surface area contributed by atoms with Gasteiger partial charge in [0.2, 0.25) is 5.91 Å². The first-order valence-corrected chi connectivity index (χ1v) is 9.96. The van der Waals surface area contributed by atoms with Crippen molar-refractivity contribution in [3.8, 4) is 0 Å². The molecule has 1 heterocycles. The molecule has 1 amide bonds. The van der Waals surface area contributed by atoms with E-state index in [2.05, 4.69) is 5.32 Å². The van der Waals surface area contributed by atoms with E-state index in [0.717, 1.165) is 37.1 Å². The van der Waals surface area contributed by atoms with E-state index in [1.807, 2.05) is 29.2 Å². The minimum absolute atomic E-state index is 0.0347. The Kier molecular flexibility index (Phi) is 4.36. The van der Waals surface area contributed by atoms with Crippen LogP contribution in [0, 0.1) is 0 Å². The van der Waals surface area contributed by atoms with Gasteiger partial charge in [0, 0.05) is 18.3 Å². The molecule has 0 spiro atoms. The molecule has 2 fully saturated rings. The SMILES string of the molecule is CC(C)S(=O)(=O)Cc1cccc(N[C@H]2CCN(C3CC3)C2=O)c1. The third-order valence-electron chi connectivity index (χ3n) is 4.58. The molecule has 1 aromatic rings. The topological polar surface area (TPSA) is 66.5 Å². The van der Waals surface area contributed by atoms with E-state index in [1.165, 1.54) is 0 Å². The Balaban J connectivity index is 1.67. The molecule has 1 aliphatic carbocycles. The van der Waals surface area contributed by atoms with E-state index < -0.39 is 9.84 Å². The molecule has 3 rings (SSSR count). The van der Waals surface area contributed by atoms with Crippen molar-refractivity contribution in [3.05, 3.63) is 29.8 Å². The second-order valence-corrected chi connectivity index (χ2v) is 9.36. The van der Waals surface area contributed by atoms with Crippen molar-refractivity contribution in [1.29, 1.82) is 0 Å². The summed E-state index contributed by atoms with van der Waals surface area (Å²) < 4.78 is 24.1. The van der Waals surface area contributed by atoms with Gasteiger partial charge in [-0.3, -0.25) is 4.79 Å². The quantitative estimate of drug-likeness (QED) is 0.865. The van der Waals surface area contributed by atoms with Crippen LogP contribution in [0.1, 0.15) is 38.7 Å². The molecule has 23 heavy (non-hydrogen) atoms. The molecule has 1 aliphatic heterocycles. The molecule has 1 N–H and O–H groups in total. The third kappa shape index (κ3) is 3.68. The van der Waals surface area contributed by atoms with Crippen LogP contribution in [-0.2, 0) is 20.4 Å². The first-order valence-electron chi connectivity index (χ1n) is 8.24. The van der Waals surface area contributed by atoms with Crippen molar-refractivity contribution in [2.24, 2.45) is 0 Å². The summed E-state index contributed by atoms with van der Waals surface area (Å²) in [5, 5.41) is 2.89. The second kappa shape index (κ2) is 6.15. The van der Waals surface area contributed by atoms with Crippen LogP contribution in [-0.4, -0.2) is 43.1 Å². The zero-order chi connectivity index (χ0) is 16.6. The zero-order valence-electron chi connectivity index (χ0n) is 13.7. The predicted molar refractivity (Wildman–Crippen MR) is 91.0 cm³/mol. The molecule has 1 atom stereocenters. The van der Waals surface area contributed by atoms with Crippen LogP contribution in [0.25, 0.3) is 0 Å². The third-order valence-corrected chi connectivity index (χ3v) is 6.75. The summed E-state index contributed by atoms with van der Waals surface area (Å²) in [6, 6.07) is 7.65. The van der Waals surface area contributed by atoms with Gasteiger partial charge in [-0.05, 0) is 50.8 Å². The lowest BCUT2D eigenvalue weighted by Gasteiger charge is -2.17. The average Bonchev–Trinajstić information content (AvgIpc) is 3.25. The molecule has 0 aromatic heterocycles. The number of amides is 1. The van der Waals surface area contributed by atoms with E-state index in [0.29, 0.717) is 6.04 Å². The van der Waals surface area contributed by atoms with Crippen molar-refractivity contribution in [2.75, 3.05) is 11.9 Å². The van der Waals surface area contributed by atoms with Crippen molar-refractivity contribution < 1.29 is 13.2 Å². The Hall–Kier alpha value is -1.56. The summed E-state index contributed by atoms with van der Waals surface area (Å²) in [7, 11) is -3.12. The molecule has 2 aliphatic rings. The standard InChI is InChI=1S/C17H24N2O3S/c1-12(2)23(21,22)11-13-4-3-5-14(10-13)18-16-8-9-19(17(16)20)15-6-7-15/h3-5,10,12,15-16,18H,6-9,11H2,1-2H3/t16-/m0/s1. The number of carbonyl (C=O) groups is 1. The van der Waals surface area contributed by atoms with Gasteiger partial charge in [-0.2, -0.15) is 0 Å². The van der Waals surface area contributed by atoms with Crippen LogP contribution in [0.15, 0.2) is 24.3 Å². The van der Waals surface area contributed by atoms with E-state index >= 15 is 0 Å². The van der Waals surface area contributed by atoms with Crippen molar-refractivity contribution in [3.63, 3.8) is 0 Å². The summed E-state index contributed by atoms with van der Waals surface area (Å²) in [5.41, 5.74) is 1.57.